The SMILES string of the molecule is c1ccc(-c2cccc(-c3ccc(N(c4ccc5c6ccccc6c6ccccc6c5c4)c4cc5c(cc4-c4ccccc4)-c4ccccc4C54c5ccccc5-c5ccccc54)cc3)c2)cc1. The summed E-state index contributed by atoms with van der Waals surface area (Å²) in [6.45, 7) is 0. The van der Waals surface area contributed by atoms with E-state index in [1.165, 1.54) is 110 Å². The lowest BCUT2D eigenvalue weighted by atomic mass is 9.70. The van der Waals surface area contributed by atoms with Crippen molar-refractivity contribution in [2.75, 3.05) is 4.90 Å². The molecule has 0 saturated heterocycles. The van der Waals surface area contributed by atoms with Crippen molar-refractivity contribution < 1.29 is 0 Å². The van der Waals surface area contributed by atoms with Crippen molar-refractivity contribution in [2.45, 2.75) is 5.41 Å². The minimum Gasteiger partial charge on any atom is -0.310 e. The van der Waals surface area contributed by atoms with Gasteiger partial charge in [0.2, 0.25) is 0 Å². The highest BCUT2D eigenvalue weighted by Gasteiger charge is 2.52. The fraction of sp³-hybridized carbons (Fsp3) is 0.0149. The van der Waals surface area contributed by atoms with E-state index in [1.807, 2.05) is 0 Å². The molecule has 12 aromatic rings. The van der Waals surface area contributed by atoms with Gasteiger partial charge < -0.3 is 4.90 Å². The van der Waals surface area contributed by atoms with Crippen molar-refractivity contribution in [3.05, 3.63) is 283 Å². The van der Waals surface area contributed by atoms with E-state index in [0.29, 0.717) is 0 Å². The molecule has 0 N–H and O–H groups in total. The molecule has 2 aliphatic rings. The van der Waals surface area contributed by atoms with Gasteiger partial charge in [0.25, 0.3) is 0 Å². The number of hydrogen-bond acceptors (Lipinski definition) is 1. The summed E-state index contributed by atoms with van der Waals surface area (Å²) < 4.78 is 0. The van der Waals surface area contributed by atoms with Crippen molar-refractivity contribution in [3.8, 4) is 55.6 Å². The third kappa shape index (κ3) is 5.63. The van der Waals surface area contributed by atoms with Crippen molar-refractivity contribution >= 4 is 49.4 Å². The molecular weight excluding hydrogens is 819 g/mol. The first kappa shape index (κ1) is 38.5. The maximum absolute atomic E-state index is 2.55. The fourth-order valence-electron chi connectivity index (χ4n) is 11.9. The van der Waals surface area contributed by atoms with Gasteiger partial charge in [0, 0.05) is 16.9 Å². The quantitative estimate of drug-likeness (QED) is 0.151. The fourth-order valence-corrected chi connectivity index (χ4v) is 11.9. The van der Waals surface area contributed by atoms with Crippen molar-refractivity contribution in [1.29, 1.82) is 0 Å². The highest BCUT2D eigenvalue weighted by molar-refractivity contribution is 6.26. The van der Waals surface area contributed by atoms with Crippen LogP contribution in [0.3, 0.4) is 0 Å². The summed E-state index contributed by atoms with van der Waals surface area (Å²) >= 11 is 0. The smallest absolute Gasteiger partial charge is 0.0726 e. The first-order valence-electron chi connectivity index (χ1n) is 23.7. The summed E-state index contributed by atoms with van der Waals surface area (Å²) in [4.78, 5) is 2.53. The molecule has 68 heavy (non-hydrogen) atoms. The normalized spacial score (nSPS) is 12.8. The van der Waals surface area contributed by atoms with E-state index < -0.39 is 5.41 Å². The van der Waals surface area contributed by atoms with Crippen LogP contribution in [0.15, 0.2) is 261 Å². The van der Waals surface area contributed by atoms with Gasteiger partial charge in [0.1, 0.15) is 0 Å². The number of fused-ring (bicyclic) bond motifs is 16. The van der Waals surface area contributed by atoms with E-state index in [-0.39, 0.29) is 0 Å². The lowest BCUT2D eigenvalue weighted by Gasteiger charge is -2.33. The van der Waals surface area contributed by atoms with Crippen LogP contribution in [0, 0.1) is 0 Å². The van der Waals surface area contributed by atoms with Gasteiger partial charge >= 0.3 is 0 Å². The summed E-state index contributed by atoms with van der Waals surface area (Å²) in [5.74, 6) is 0. The van der Waals surface area contributed by atoms with Gasteiger partial charge in [-0.25, -0.2) is 0 Å². The molecule has 0 atom stereocenters. The molecule has 0 bridgehead atoms. The van der Waals surface area contributed by atoms with Crippen LogP contribution in [-0.4, -0.2) is 0 Å². The first-order chi connectivity index (χ1) is 33.7. The van der Waals surface area contributed by atoms with Gasteiger partial charge in [-0.2, -0.15) is 0 Å². The van der Waals surface area contributed by atoms with Crippen molar-refractivity contribution in [3.63, 3.8) is 0 Å². The van der Waals surface area contributed by atoms with E-state index >= 15 is 0 Å². The molecule has 14 rings (SSSR count). The molecule has 1 heteroatoms. The average Bonchev–Trinajstić information content (AvgIpc) is 3.88. The molecule has 0 amide bonds. The molecule has 0 unspecified atom stereocenters. The highest BCUT2D eigenvalue weighted by Crippen LogP contribution is 2.64. The van der Waals surface area contributed by atoms with Gasteiger partial charge in [0.15, 0.2) is 0 Å². The number of rotatable bonds is 6. The molecule has 0 heterocycles. The Balaban J connectivity index is 1.06. The summed E-state index contributed by atoms with van der Waals surface area (Å²) in [5, 5.41) is 7.55. The number of anilines is 3. The van der Waals surface area contributed by atoms with Gasteiger partial charge in [0.05, 0.1) is 11.1 Å². The number of nitrogens with zero attached hydrogens (tertiary/aromatic N) is 1. The maximum atomic E-state index is 2.55. The molecule has 0 aliphatic heterocycles. The Kier molecular flexibility index (Phi) is 8.57. The Morgan fingerprint density at radius 2 is 0.647 bits per heavy atom. The van der Waals surface area contributed by atoms with Crippen LogP contribution < -0.4 is 4.90 Å². The second kappa shape index (κ2) is 15.1. The van der Waals surface area contributed by atoms with Crippen molar-refractivity contribution in [2.24, 2.45) is 0 Å². The van der Waals surface area contributed by atoms with Crippen LogP contribution in [0.2, 0.25) is 0 Å². The average molecular weight is 862 g/mol. The molecular formula is C67H43N. The molecule has 1 spiro atoms. The second-order valence-electron chi connectivity index (χ2n) is 18.3. The molecule has 0 aromatic heterocycles. The topological polar surface area (TPSA) is 3.24 Å². The summed E-state index contributed by atoms with van der Waals surface area (Å²) in [6.07, 6.45) is 0. The van der Waals surface area contributed by atoms with Crippen LogP contribution in [0.25, 0.3) is 88.0 Å². The van der Waals surface area contributed by atoms with Gasteiger partial charge in [-0.15, -0.1) is 0 Å². The zero-order chi connectivity index (χ0) is 44.8. The Morgan fingerprint density at radius 3 is 1.22 bits per heavy atom. The number of benzene rings is 12. The predicted octanol–water partition coefficient (Wildman–Crippen LogP) is 18.0. The molecule has 0 saturated carbocycles. The maximum Gasteiger partial charge on any atom is 0.0726 e. The highest BCUT2D eigenvalue weighted by atomic mass is 15.1. The Hall–Kier alpha value is -8.78. The molecule has 0 radical (unpaired) electrons. The van der Waals surface area contributed by atoms with E-state index in [2.05, 4.69) is 266 Å². The zero-order valence-corrected chi connectivity index (χ0v) is 37.3. The van der Waals surface area contributed by atoms with E-state index in [1.54, 1.807) is 0 Å². The van der Waals surface area contributed by atoms with Gasteiger partial charge in [-0.1, -0.05) is 218 Å². The third-order valence-electron chi connectivity index (χ3n) is 14.9. The van der Waals surface area contributed by atoms with E-state index in [0.717, 1.165) is 17.1 Å². The standard InChI is InChI=1S/C67H43N/c1-3-18-44(19-4-1)47-22-17-23-48(40-47)45-34-36-49(37-35-45)68(50-38-39-55-53-26-8-7-24-51(53)52-25-9-10-27-54(52)60(55)41-50)66-43-65-61(42-59(66)46-20-5-2-6-21-46)58-30-13-16-33-64(58)67(65)62-31-14-11-28-56(62)57-29-12-15-32-63(57)67/h1-43H. The molecule has 316 valence electrons. The largest absolute Gasteiger partial charge is 0.310 e. The van der Waals surface area contributed by atoms with Crippen LogP contribution in [0.4, 0.5) is 17.1 Å². The van der Waals surface area contributed by atoms with Crippen LogP contribution in [0.1, 0.15) is 22.3 Å². The van der Waals surface area contributed by atoms with E-state index in [4.69, 9.17) is 0 Å². The van der Waals surface area contributed by atoms with E-state index in [9.17, 15) is 0 Å². The Labute approximate surface area is 396 Å². The van der Waals surface area contributed by atoms with Gasteiger partial charge in [-0.05, 0) is 147 Å². The molecule has 12 aromatic carbocycles. The molecule has 2 aliphatic carbocycles. The van der Waals surface area contributed by atoms with Crippen molar-refractivity contribution in [1.82, 2.24) is 0 Å². The Bertz CT molecular complexity index is 3880. The predicted molar refractivity (Wildman–Crippen MR) is 286 cm³/mol. The lowest BCUT2D eigenvalue weighted by molar-refractivity contribution is 0.794. The summed E-state index contributed by atoms with van der Waals surface area (Å²) in [6, 6.07) is 97.1. The lowest BCUT2D eigenvalue weighted by Crippen LogP contribution is -2.26. The van der Waals surface area contributed by atoms with Crippen LogP contribution in [-0.2, 0) is 5.41 Å². The summed E-state index contributed by atoms with van der Waals surface area (Å²) in [5.41, 5.74) is 20.4. The Morgan fingerprint density at radius 1 is 0.221 bits per heavy atom. The minimum absolute atomic E-state index is 0.499. The monoisotopic (exact) mass is 861 g/mol. The molecule has 0 fully saturated rings. The van der Waals surface area contributed by atoms with Gasteiger partial charge in [-0.3, -0.25) is 0 Å². The van der Waals surface area contributed by atoms with Crippen LogP contribution >= 0.6 is 0 Å². The summed E-state index contributed by atoms with van der Waals surface area (Å²) in [7, 11) is 0. The zero-order valence-electron chi connectivity index (χ0n) is 37.3. The second-order valence-corrected chi connectivity index (χ2v) is 18.3. The molecule has 1 nitrogen and oxygen atoms in total. The first-order valence-corrected chi connectivity index (χ1v) is 23.7. The third-order valence-corrected chi connectivity index (χ3v) is 14.9. The van der Waals surface area contributed by atoms with Crippen LogP contribution in [0.5, 0.6) is 0 Å². The minimum atomic E-state index is -0.499. The number of hydrogen-bond donors (Lipinski definition) is 0.